The molecule has 0 radical (unpaired) electrons. The van der Waals surface area contributed by atoms with Crippen LogP contribution in [0.3, 0.4) is 0 Å². The first-order valence-corrected chi connectivity index (χ1v) is 8.35. The van der Waals surface area contributed by atoms with Crippen LogP contribution in [0.1, 0.15) is 51.2 Å². The third kappa shape index (κ3) is 2.81. The highest BCUT2D eigenvalue weighted by atomic mass is 16.4. The molecule has 1 unspecified atom stereocenters. The monoisotopic (exact) mass is 334 g/mol. The van der Waals surface area contributed by atoms with Crippen LogP contribution in [0.15, 0.2) is 24.3 Å². The van der Waals surface area contributed by atoms with Crippen LogP contribution in [0.2, 0.25) is 0 Å². The zero-order valence-corrected chi connectivity index (χ0v) is 15.2. The number of piperidine rings is 1. The highest BCUT2D eigenvalue weighted by Gasteiger charge is 2.60. The quantitative estimate of drug-likeness (QED) is 0.805. The average Bonchev–Trinajstić information content (AvgIpc) is 2.46. The molecule has 2 N–H and O–H groups in total. The number of rotatable bonds is 2. The van der Waals surface area contributed by atoms with Gasteiger partial charge in [0.05, 0.1) is 6.54 Å². The summed E-state index contributed by atoms with van der Waals surface area (Å²) in [5, 5.41) is 19.9. The summed E-state index contributed by atoms with van der Waals surface area (Å²) in [6.07, 6.45) is -0.410. The fourth-order valence-electron chi connectivity index (χ4n) is 3.99. The Bertz CT molecular complexity index is 646. The van der Waals surface area contributed by atoms with Crippen LogP contribution in [-0.4, -0.2) is 45.4 Å². The molecule has 1 aromatic carbocycles. The van der Waals surface area contributed by atoms with Crippen LogP contribution in [0, 0.1) is 12.3 Å². The molecule has 1 aliphatic heterocycles. The third-order valence-corrected chi connectivity index (χ3v) is 5.79. The van der Waals surface area contributed by atoms with E-state index in [2.05, 4.69) is 0 Å². The molecular formula is C19H28NO4+. The number of carboxylic acids is 1. The lowest BCUT2D eigenvalue weighted by molar-refractivity contribution is -0.914. The Morgan fingerprint density at radius 3 is 2.12 bits per heavy atom. The number of hydrogen-bond donors (Lipinski definition) is 2. The fourth-order valence-corrected chi connectivity index (χ4v) is 3.99. The van der Waals surface area contributed by atoms with Gasteiger partial charge in [-0.25, -0.2) is 4.48 Å². The highest BCUT2D eigenvalue weighted by Crippen LogP contribution is 2.48. The standard InChI is InChI=1S/C19H27NO4/c1-13-6-8-14(9-7-13)15-10-11-20(17(23)24,18(2,3)4)12-19(15,5)16(21)22/h6-9,15H,10-12H2,1-5H3,(H-,21,22,23,24)/p+1/t15?,19-,20-/m0/s1. The minimum Gasteiger partial charge on any atom is -0.481 e. The summed E-state index contributed by atoms with van der Waals surface area (Å²) in [7, 11) is 0. The number of likely N-dealkylation sites (tertiary alicyclic amines) is 1. The predicted octanol–water partition coefficient (Wildman–Crippen LogP) is 3.87. The molecular weight excluding hydrogens is 306 g/mol. The van der Waals surface area contributed by atoms with Gasteiger partial charge in [-0.3, -0.25) is 4.79 Å². The van der Waals surface area contributed by atoms with Crippen LogP contribution in [0.25, 0.3) is 0 Å². The molecule has 5 heteroatoms. The van der Waals surface area contributed by atoms with Gasteiger partial charge in [-0.05, 0) is 40.2 Å². The molecule has 0 saturated carbocycles. The van der Waals surface area contributed by atoms with Gasteiger partial charge in [-0.15, -0.1) is 0 Å². The number of quaternary nitrogens is 1. The van der Waals surface area contributed by atoms with Crippen molar-refractivity contribution < 1.29 is 24.3 Å². The van der Waals surface area contributed by atoms with Gasteiger partial charge in [0.25, 0.3) is 0 Å². The normalized spacial score (nSPS) is 30.8. The maximum atomic E-state index is 12.2. The van der Waals surface area contributed by atoms with Crippen molar-refractivity contribution in [2.24, 2.45) is 5.41 Å². The highest BCUT2D eigenvalue weighted by molar-refractivity contribution is 5.76. The van der Waals surface area contributed by atoms with Crippen molar-refractivity contribution in [1.29, 1.82) is 0 Å². The molecule has 2 rings (SSSR count). The number of benzene rings is 1. The van der Waals surface area contributed by atoms with Gasteiger partial charge in [0.1, 0.15) is 17.5 Å². The number of aliphatic carboxylic acids is 1. The number of hydrogen-bond acceptors (Lipinski definition) is 2. The molecule has 5 nitrogen and oxygen atoms in total. The van der Waals surface area contributed by atoms with E-state index in [9.17, 15) is 19.8 Å². The minimum atomic E-state index is -1.13. The molecule has 1 saturated heterocycles. The molecule has 0 aliphatic carbocycles. The Hall–Kier alpha value is -1.88. The summed E-state index contributed by atoms with van der Waals surface area (Å²) < 4.78 is -0.224. The largest absolute Gasteiger partial charge is 0.514 e. The molecule has 1 amide bonds. The lowest BCUT2D eigenvalue weighted by atomic mass is 9.67. The summed E-state index contributed by atoms with van der Waals surface area (Å²) in [5.41, 5.74) is 0.402. The summed E-state index contributed by atoms with van der Waals surface area (Å²) >= 11 is 0. The van der Waals surface area contributed by atoms with Crippen molar-refractivity contribution in [3.05, 3.63) is 35.4 Å². The molecule has 1 fully saturated rings. The van der Waals surface area contributed by atoms with E-state index in [4.69, 9.17) is 0 Å². The number of aryl methyl sites for hydroxylation is 1. The molecule has 1 aromatic rings. The van der Waals surface area contributed by atoms with Crippen LogP contribution in [-0.2, 0) is 4.79 Å². The smallest absolute Gasteiger partial charge is 0.481 e. The first-order valence-electron chi connectivity index (χ1n) is 8.35. The van der Waals surface area contributed by atoms with Crippen molar-refractivity contribution in [3.8, 4) is 0 Å². The summed E-state index contributed by atoms with van der Waals surface area (Å²) in [5.74, 6) is -1.12. The second-order valence-electron chi connectivity index (χ2n) is 8.28. The van der Waals surface area contributed by atoms with Crippen molar-refractivity contribution in [2.75, 3.05) is 13.1 Å². The Balaban J connectivity index is 2.51. The van der Waals surface area contributed by atoms with Gasteiger partial charge < -0.3 is 10.2 Å². The first-order chi connectivity index (χ1) is 10.9. The summed E-state index contributed by atoms with van der Waals surface area (Å²) in [4.78, 5) is 24.3. The zero-order chi connectivity index (χ0) is 18.3. The van der Waals surface area contributed by atoms with E-state index in [1.807, 2.05) is 52.0 Å². The third-order valence-electron chi connectivity index (χ3n) is 5.79. The zero-order valence-electron chi connectivity index (χ0n) is 15.2. The molecule has 132 valence electrons. The van der Waals surface area contributed by atoms with Crippen molar-refractivity contribution in [1.82, 2.24) is 0 Å². The second-order valence-corrected chi connectivity index (χ2v) is 8.28. The van der Waals surface area contributed by atoms with Gasteiger partial charge in [-0.2, -0.15) is 4.79 Å². The molecule has 1 aliphatic rings. The molecule has 3 atom stereocenters. The second kappa shape index (κ2) is 5.88. The lowest BCUT2D eigenvalue weighted by Crippen LogP contribution is -2.70. The van der Waals surface area contributed by atoms with Crippen molar-refractivity contribution in [2.45, 2.75) is 52.5 Å². The SMILES string of the molecule is Cc1ccc(C2CC[N@+](C(=O)O)(C(C)(C)C)C[C@]2(C)C(=O)O)cc1. The Labute approximate surface area is 143 Å². The molecule has 0 bridgehead atoms. The van der Waals surface area contributed by atoms with E-state index in [0.29, 0.717) is 13.0 Å². The number of amides is 1. The molecule has 1 heterocycles. The van der Waals surface area contributed by atoms with E-state index >= 15 is 0 Å². The predicted molar refractivity (Wildman–Crippen MR) is 92.1 cm³/mol. The molecule has 0 spiro atoms. The lowest BCUT2D eigenvalue weighted by Gasteiger charge is -2.52. The van der Waals surface area contributed by atoms with E-state index in [1.54, 1.807) is 6.92 Å². The Morgan fingerprint density at radius 1 is 1.17 bits per heavy atom. The fraction of sp³-hybridized carbons (Fsp3) is 0.579. The van der Waals surface area contributed by atoms with E-state index in [-0.39, 0.29) is 16.9 Å². The summed E-state index contributed by atoms with van der Waals surface area (Å²) in [6, 6.07) is 7.91. The van der Waals surface area contributed by atoms with Crippen LogP contribution in [0.4, 0.5) is 4.79 Å². The van der Waals surface area contributed by atoms with Gasteiger partial charge in [-0.1, -0.05) is 29.8 Å². The first kappa shape index (κ1) is 18.5. The minimum absolute atomic E-state index is 0.0830. The topological polar surface area (TPSA) is 74.6 Å². The van der Waals surface area contributed by atoms with Crippen LogP contribution >= 0.6 is 0 Å². The van der Waals surface area contributed by atoms with Crippen molar-refractivity contribution in [3.63, 3.8) is 0 Å². The van der Waals surface area contributed by atoms with Gasteiger partial charge in [0.2, 0.25) is 0 Å². The van der Waals surface area contributed by atoms with Gasteiger partial charge >= 0.3 is 12.1 Å². The van der Waals surface area contributed by atoms with Gasteiger partial charge in [0.15, 0.2) is 0 Å². The number of carbonyl (C=O) groups is 2. The Kier molecular flexibility index (Phi) is 4.53. The molecule has 0 aromatic heterocycles. The van der Waals surface area contributed by atoms with Crippen LogP contribution in [0.5, 0.6) is 0 Å². The Morgan fingerprint density at radius 2 is 1.71 bits per heavy atom. The maximum absolute atomic E-state index is 12.2. The summed E-state index contributed by atoms with van der Waals surface area (Å²) in [6.45, 7) is 9.81. The van der Waals surface area contributed by atoms with Gasteiger partial charge in [0, 0.05) is 12.3 Å². The van der Waals surface area contributed by atoms with E-state index in [1.165, 1.54) is 0 Å². The maximum Gasteiger partial charge on any atom is 0.514 e. The number of nitrogens with zero attached hydrogens (tertiary/aromatic N) is 1. The van der Waals surface area contributed by atoms with E-state index in [0.717, 1.165) is 11.1 Å². The van der Waals surface area contributed by atoms with Crippen molar-refractivity contribution >= 4 is 12.1 Å². The van der Waals surface area contributed by atoms with Crippen LogP contribution < -0.4 is 0 Å². The number of carboxylic acid groups (broad SMARTS) is 2. The van der Waals surface area contributed by atoms with E-state index < -0.39 is 23.0 Å². The average molecular weight is 334 g/mol. The molecule has 24 heavy (non-hydrogen) atoms.